The molecular formula is C14H24N2O. The van der Waals surface area contributed by atoms with Crippen LogP contribution in [0.3, 0.4) is 0 Å². The molecule has 3 heteroatoms. The SMILES string of the molecule is CCN(CC)c1ccc(CCC(C)N)c(O)c1. The van der Waals surface area contributed by atoms with E-state index in [9.17, 15) is 5.11 Å². The standard InChI is InChI=1S/C14H24N2O/c1-4-16(5-2)13-9-8-12(14(17)10-13)7-6-11(3)15/h8-11,17H,4-7,15H2,1-3H3. The average molecular weight is 236 g/mol. The van der Waals surface area contributed by atoms with E-state index in [1.165, 1.54) is 0 Å². The number of aryl methyl sites for hydroxylation is 1. The van der Waals surface area contributed by atoms with Crippen molar-refractivity contribution < 1.29 is 5.11 Å². The van der Waals surface area contributed by atoms with Gasteiger partial charge in [-0.3, -0.25) is 0 Å². The number of phenolic OH excluding ortho intramolecular Hbond substituents is 1. The molecule has 3 N–H and O–H groups in total. The lowest BCUT2D eigenvalue weighted by molar-refractivity contribution is 0.465. The van der Waals surface area contributed by atoms with Crippen LogP contribution in [0.15, 0.2) is 18.2 Å². The lowest BCUT2D eigenvalue weighted by Gasteiger charge is -2.21. The molecule has 0 fully saturated rings. The third-order valence-electron chi connectivity index (χ3n) is 3.07. The lowest BCUT2D eigenvalue weighted by atomic mass is 10.0. The van der Waals surface area contributed by atoms with Crippen LogP contribution in [0.4, 0.5) is 5.69 Å². The Morgan fingerprint density at radius 3 is 2.41 bits per heavy atom. The van der Waals surface area contributed by atoms with Crippen molar-refractivity contribution in [3.63, 3.8) is 0 Å². The van der Waals surface area contributed by atoms with Gasteiger partial charge >= 0.3 is 0 Å². The number of rotatable bonds is 6. The van der Waals surface area contributed by atoms with Crippen molar-refractivity contribution in [2.24, 2.45) is 5.73 Å². The number of nitrogens with zero attached hydrogens (tertiary/aromatic N) is 1. The van der Waals surface area contributed by atoms with Crippen molar-refractivity contribution >= 4 is 5.69 Å². The van der Waals surface area contributed by atoms with Crippen LogP contribution in [0.5, 0.6) is 5.75 Å². The van der Waals surface area contributed by atoms with Gasteiger partial charge in [-0.15, -0.1) is 0 Å². The van der Waals surface area contributed by atoms with Crippen LogP contribution in [0.1, 0.15) is 32.8 Å². The Kier molecular flexibility index (Phi) is 5.29. The minimum absolute atomic E-state index is 0.178. The third-order valence-corrected chi connectivity index (χ3v) is 3.07. The summed E-state index contributed by atoms with van der Waals surface area (Å²) in [6.07, 6.45) is 1.74. The number of anilines is 1. The van der Waals surface area contributed by atoms with E-state index in [1.807, 2.05) is 19.1 Å². The first-order chi connectivity index (χ1) is 8.08. The van der Waals surface area contributed by atoms with Crippen LogP contribution in [-0.4, -0.2) is 24.2 Å². The molecule has 1 unspecified atom stereocenters. The summed E-state index contributed by atoms with van der Waals surface area (Å²) in [6, 6.07) is 6.11. The maximum absolute atomic E-state index is 9.98. The number of aromatic hydroxyl groups is 1. The molecule has 17 heavy (non-hydrogen) atoms. The molecule has 0 saturated carbocycles. The Morgan fingerprint density at radius 2 is 1.94 bits per heavy atom. The summed E-state index contributed by atoms with van der Waals surface area (Å²) in [5, 5.41) is 9.98. The Balaban J connectivity index is 2.78. The largest absolute Gasteiger partial charge is 0.508 e. The molecular weight excluding hydrogens is 212 g/mol. The van der Waals surface area contributed by atoms with Crippen LogP contribution in [-0.2, 0) is 6.42 Å². The van der Waals surface area contributed by atoms with Crippen molar-refractivity contribution in [2.75, 3.05) is 18.0 Å². The molecule has 0 aliphatic rings. The normalized spacial score (nSPS) is 12.5. The zero-order chi connectivity index (χ0) is 12.8. The molecule has 0 aromatic heterocycles. The topological polar surface area (TPSA) is 49.5 Å². The molecule has 0 heterocycles. The molecule has 1 aromatic rings. The quantitative estimate of drug-likeness (QED) is 0.798. The summed E-state index contributed by atoms with van der Waals surface area (Å²) in [5.41, 5.74) is 7.79. The maximum atomic E-state index is 9.98. The van der Waals surface area contributed by atoms with Crippen LogP contribution in [0.2, 0.25) is 0 Å². The van der Waals surface area contributed by atoms with E-state index >= 15 is 0 Å². The minimum atomic E-state index is 0.178. The predicted molar refractivity (Wildman–Crippen MR) is 73.6 cm³/mol. The lowest BCUT2D eigenvalue weighted by Crippen LogP contribution is -2.21. The van der Waals surface area contributed by atoms with Crippen LogP contribution in [0, 0.1) is 0 Å². The third kappa shape index (κ3) is 3.93. The van der Waals surface area contributed by atoms with Crippen LogP contribution in [0.25, 0.3) is 0 Å². The van der Waals surface area contributed by atoms with E-state index in [-0.39, 0.29) is 6.04 Å². The zero-order valence-corrected chi connectivity index (χ0v) is 11.1. The molecule has 0 aliphatic heterocycles. The van der Waals surface area contributed by atoms with E-state index in [0.717, 1.165) is 37.2 Å². The molecule has 0 radical (unpaired) electrons. The van der Waals surface area contributed by atoms with E-state index in [2.05, 4.69) is 24.8 Å². The van der Waals surface area contributed by atoms with Crippen molar-refractivity contribution in [3.05, 3.63) is 23.8 Å². The fraction of sp³-hybridized carbons (Fsp3) is 0.571. The number of benzene rings is 1. The molecule has 96 valence electrons. The summed E-state index contributed by atoms with van der Waals surface area (Å²) in [5.74, 6) is 0.384. The molecule has 1 rings (SSSR count). The van der Waals surface area contributed by atoms with Gasteiger partial charge in [0, 0.05) is 30.9 Å². The van der Waals surface area contributed by atoms with Crippen molar-refractivity contribution in [3.8, 4) is 5.75 Å². The molecule has 0 saturated heterocycles. The monoisotopic (exact) mass is 236 g/mol. The summed E-state index contributed by atoms with van der Waals surface area (Å²) >= 11 is 0. The second kappa shape index (κ2) is 6.50. The fourth-order valence-corrected chi connectivity index (χ4v) is 1.93. The number of phenols is 1. The molecule has 0 spiro atoms. The summed E-state index contributed by atoms with van der Waals surface area (Å²) in [4.78, 5) is 2.22. The second-order valence-electron chi connectivity index (χ2n) is 4.50. The molecule has 3 nitrogen and oxygen atoms in total. The van der Waals surface area contributed by atoms with Crippen molar-refractivity contribution in [1.29, 1.82) is 0 Å². The summed E-state index contributed by atoms with van der Waals surface area (Å²) in [7, 11) is 0. The Labute approximate surface area is 104 Å². The molecule has 0 amide bonds. The predicted octanol–water partition coefficient (Wildman–Crippen LogP) is 2.52. The van der Waals surface area contributed by atoms with Gasteiger partial charge in [0.05, 0.1) is 0 Å². The number of nitrogens with two attached hydrogens (primary N) is 1. The molecule has 0 bridgehead atoms. The highest BCUT2D eigenvalue weighted by molar-refractivity contribution is 5.53. The highest BCUT2D eigenvalue weighted by Crippen LogP contribution is 2.25. The number of hydrogen-bond acceptors (Lipinski definition) is 3. The van der Waals surface area contributed by atoms with Gasteiger partial charge in [-0.1, -0.05) is 6.07 Å². The van der Waals surface area contributed by atoms with Gasteiger partial charge in [-0.25, -0.2) is 0 Å². The first-order valence-electron chi connectivity index (χ1n) is 6.40. The van der Waals surface area contributed by atoms with Gasteiger partial charge in [-0.2, -0.15) is 0 Å². The van der Waals surface area contributed by atoms with E-state index in [1.54, 1.807) is 0 Å². The first kappa shape index (κ1) is 13.8. The van der Waals surface area contributed by atoms with Gasteiger partial charge in [0.25, 0.3) is 0 Å². The van der Waals surface area contributed by atoms with E-state index in [0.29, 0.717) is 5.75 Å². The van der Waals surface area contributed by atoms with Crippen molar-refractivity contribution in [1.82, 2.24) is 0 Å². The van der Waals surface area contributed by atoms with Crippen LogP contribution < -0.4 is 10.6 Å². The average Bonchev–Trinajstić information content (AvgIpc) is 2.29. The van der Waals surface area contributed by atoms with Gasteiger partial charge < -0.3 is 15.7 Å². The Hall–Kier alpha value is -1.22. The van der Waals surface area contributed by atoms with Crippen LogP contribution >= 0.6 is 0 Å². The Morgan fingerprint density at radius 1 is 1.29 bits per heavy atom. The zero-order valence-electron chi connectivity index (χ0n) is 11.1. The first-order valence-corrected chi connectivity index (χ1v) is 6.40. The maximum Gasteiger partial charge on any atom is 0.120 e. The summed E-state index contributed by atoms with van der Waals surface area (Å²) in [6.45, 7) is 8.13. The second-order valence-corrected chi connectivity index (χ2v) is 4.50. The molecule has 1 aromatic carbocycles. The highest BCUT2D eigenvalue weighted by atomic mass is 16.3. The number of hydrogen-bond donors (Lipinski definition) is 2. The highest BCUT2D eigenvalue weighted by Gasteiger charge is 2.07. The smallest absolute Gasteiger partial charge is 0.120 e. The van der Waals surface area contributed by atoms with E-state index in [4.69, 9.17) is 5.73 Å². The minimum Gasteiger partial charge on any atom is -0.508 e. The van der Waals surface area contributed by atoms with Gasteiger partial charge in [0.1, 0.15) is 5.75 Å². The van der Waals surface area contributed by atoms with Gasteiger partial charge in [-0.05, 0) is 45.2 Å². The van der Waals surface area contributed by atoms with Crippen molar-refractivity contribution in [2.45, 2.75) is 39.7 Å². The fourth-order valence-electron chi connectivity index (χ4n) is 1.93. The van der Waals surface area contributed by atoms with Gasteiger partial charge in [0.2, 0.25) is 0 Å². The Bertz CT molecular complexity index is 346. The summed E-state index contributed by atoms with van der Waals surface area (Å²) < 4.78 is 0. The van der Waals surface area contributed by atoms with E-state index < -0.39 is 0 Å². The molecule has 0 aliphatic carbocycles. The molecule has 1 atom stereocenters. The van der Waals surface area contributed by atoms with Gasteiger partial charge in [0.15, 0.2) is 0 Å².